The van der Waals surface area contributed by atoms with Crippen molar-refractivity contribution in [3.8, 4) is 0 Å². The van der Waals surface area contributed by atoms with Crippen molar-refractivity contribution in [2.75, 3.05) is 13.1 Å². The smallest absolute Gasteiger partial charge is 0.00489 e. The van der Waals surface area contributed by atoms with Crippen LogP contribution in [0.25, 0.3) is 0 Å². The molecule has 0 radical (unpaired) electrons. The van der Waals surface area contributed by atoms with Crippen LogP contribution in [-0.4, -0.2) is 13.1 Å². The third-order valence-electron chi connectivity index (χ3n) is 2.41. The van der Waals surface area contributed by atoms with Crippen LogP contribution in [0, 0.1) is 0 Å². The van der Waals surface area contributed by atoms with Gasteiger partial charge in [-0.05, 0) is 25.9 Å². The highest BCUT2D eigenvalue weighted by molar-refractivity contribution is 5.85. The average molecular weight is 222 g/mol. The normalized spacial score (nSPS) is 15.0. The minimum absolute atomic E-state index is 0. The van der Waals surface area contributed by atoms with E-state index in [2.05, 4.69) is 19.2 Å². The summed E-state index contributed by atoms with van der Waals surface area (Å²) in [6, 6.07) is 0. The van der Waals surface area contributed by atoms with E-state index in [1.165, 1.54) is 64.5 Å². The highest BCUT2D eigenvalue weighted by atomic mass is 35.5. The number of hydrogen-bond donors (Lipinski definition) is 1. The maximum absolute atomic E-state index is 3.28. The lowest BCUT2D eigenvalue weighted by Gasteiger charge is -2.08. The molecule has 88 valence electrons. The first-order valence-electron chi connectivity index (χ1n) is 6.12. The molecule has 14 heavy (non-hydrogen) atoms. The lowest BCUT2D eigenvalue weighted by Crippen LogP contribution is -2.21. The Balaban J connectivity index is 0. The molecule has 1 aliphatic rings. The predicted molar refractivity (Wildman–Crippen MR) is 68.4 cm³/mol. The first-order valence-corrected chi connectivity index (χ1v) is 6.12. The first kappa shape index (κ1) is 16.7. The molecule has 0 saturated carbocycles. The summed E-state index contributed by atoms with van der Waals surface area (Å²) in [4.78, 5) is 0. The summed E-state index contributed by atoms with van der Waals surface area (Å²) in [5.74, 6) is 0. The van der Waals surface area contributed by atoms with Crippen LogP contribution >= 0.6 is 12.4 Å². The molecule has 0 aliphatic carbocycles. The highest BCUT2D eigenvalue weighted by Gasteiger charge is 1.93. The number of piperidine rings is 1. The van der Waals surface area contributed by atoms with Gasteiger partial charge in [0.15, 0.2) is 0 Å². The summed E-state index contributed by atoms with van der Waals surface area (Å²) in [7, 11) is 0. The molecule has 1 aliphatic heterocycles. The standard InChI is InChI=1S/C7H16.C5H11N.ClH/c1-3-5-7-6-4-2;1-2-4-6-5-3-1;/h3-7H2,1-2H3;6H,1-5H2;1H. The van der Waals surface area contributed by atoms with Crippen LogP contribution in [0.1, 0.15) is 65.2 Å². The van der Waals surface area contributed by atoms with Gasteiger partial charge in [-0.1, -0.05) is 52.4 Å². The summed E-state index contributed by atoms with van der Waals surface area (Å²) in [6.45, 7) is 6.99. The maximum atomic E-state index is 3.28. The van der Waals surface area contributed by atoms with Crippen LogP contribution in [0.4, 0.5) is 0 Å². The largest absolute Gasteiger partial charge is 0.317 e. The van der Waals surface area contributed by atoms with Gasteiger partial charge >= 0.3 is 0 Å². The summed E-state index contributed by atoms with van der Waals surface area (Å²) in [6.07, 6.45) is 11.2. The van der Waals surface area contributed by atoms with E-state index in [1.54, 1.807) is 0 Å². The molecule has 0 bridgehead atoms. The van der Waals surface area contributed by atoms with Gasteiger partial charge in [-0.3, -0.25) is 0 Å². The van der Waals surface area contributed by atoms with Crippen molar-refractivity contribution in [2.45, 2.75) is 65.2 Å². The molecular formula is C12H28ClN. The molecule has 0 aromatic rings. The third-order valence-corrected chi connectivity index (χ3v) is 2.41. The van der Waals surface area contributed by atoms with Crippen LogP contribution in [0.3, 0.4) is 0 Å². The fourth-order valence-electron chi connectivity index (χ4n) is 1.48. The average Bonchev–Trinajstić information content (AvgIpc) is 2.22. The third kappa shape index (κ3) is 14.8. The number of rotatable bonds is 4. The van der Waals surface area contributed by atoms with Crippen molar-refractivity contribution in [3.05, 3.63) is 0 Å². The van der Waals surface area contributed by atoms with E-state index in [9.17, 15) is 0 Å². The second-order valence-corrected chi connectivity index (χ2v) is 3.87. The fourth-order valence-corrected chi connectivity index (χ4v) is 1.48. The Morgan fingerprint density at radius 3 is 1.50 bits per heavy atom. The monoisotopic (exact) mass is 221 g/mol. The number of halogens is 1. The van der Waals surface area contributed by atoms with Gasteiger partial charge in [0, 0.05) is 0 Å². The van der Waals surface area contributed by atoms with Crippen molar-refractivity contribution < 1.29 is 0 Å². The number of nitrogens with one attached hydrogen (secondary N) is 1. The Kier molecular flexibility index (Phi) is 18.7. The van der Waals surface area contributed by atoms with Crippen molar-refractivity contribution in [3.63, 3.8) is 0 Å². The summed E-state index contributed by atoms with van der Waals surface area (Å²) in [5, 5.41) is 3.28. The second kappa shape index (κ2) is 15.7. The van der Waals surface area contributed by atoms with Gasteiger partial charge in [0.05, 0.1) is 0 Å². The van der Waals surface area contributed by atoms with E-state index in [1.807, 2.05) is 0 Å². The Morgan fingerprint density at radius 1 is 0.786 bits per heavy atom. The van der Waals surface area contributed by atoms with E-state index in [4.69, 9.17) is 0 Å². The zero-order valence-corrected chi connectivity index (χ0v) is 10.8. The molecule has 1 heterocycles. The van der Waals surface area contributed by atoms with Gasteiger partial charge in [0.1, 0.15) is 0 Å². The summed E-state index contributed by atoms with van der Waals surface area (Å²) in [5.41, 5.74) is 0. The van der Waals surface area contributed by atoms with E-state index in [0.29, 0.717) is 0 Å². The van der Waals surface area contributed by atoms with E-state index in [-0.39, 0.29) is 12.4 Å². The van der Waals surface area contributed by atoms with Gasteiger partial charge in [-0.15, -0.1) is 12.4 Å². The van der Waals surface area contributed by atoms with Crippen LogP contribution in [-0.2, 0) is 0 Å². The lowest BCUT2D eigenvalue weighted by atomic mass is 10.2. The molecule has 0 aromatic carbocycles. The van der Waals surface area contributed by atoms with Crippen molar-refractivity contribution in [2.24, 2.45) is 0 Å². The molecule has 0 unspecified atom stereocenters. The molecule has 1 nitrogen and oxygen atoms in total. The minimum Gasteiger partial charge on any atom is -0.317 e. The zero-order valence-electron chi connectivity index (χ0n) is 9.98. The molecule has 0 amide bonds. The van der Waals surface area contributed by atoms with Gasteiger partial charge in [0.25, 0.3) is 0 Å². The lowest BCUT2D eigenvalue weighted by molar-refractivity contribution is 0.520. The van der Waals surface area contributed by atoms with Crippen LogP contribution in [0.5, 0.6) is 0 Å². The second-order valence-electron chi connectivity index (χ2n) is 3.87. The maximum Gasteiger partial charge on any atom is -0.00489 e. The molecule has 0 atom stereocenters. The Morgan fingerprint density at radius 2 is 1.29 bits per heavy atom. The minimum atomic E-state index is 0. The van der Waals surface area contributed by atoms with Gasteiger partial charge in [-0.2, -0.15) is 0 Å². The van der Waals surface area contributed by atoms with E-state index in [0.717, 1.165) is 0 Å². The van der Waals surface area contributed by atoms with Crippen molar-refractivity contribution in [1.29, 1.82) is 0 Å². The molecule has 1 N–H and O–H groups in total. The molecule has 0 aromatic heterocycles. The zero-order chi connectivity index (χ0) is 9.78. The van der Waals surface area contributed by atoms with Crippen molar-refractivity contribution >= 4 is 12.4 Å². The number of unbranched alkanes of at least 4 members (excludes halogenated alkanes) is 4. The van der Waals surface area contributed by atoms with Gasteiger partial charge in [-0.25, -0.2) is 0 Å². The molecular weight excluding hydrogens is 194 g/mol. The molecule has 1 fully saturated rings. The Labute approximate surface area is 96.5 Å². The Hall–Kier alpha value is 0.250. The predicted octanol–water partition coefficient (Wildman–Crippen LogP) is 4.16. The molecule has 1 saturated heterocycles. The van der Waals surface area contributed by atoms with Crippen molar-refractivity contribution in [1.82, 2.24) is 5.32 Å². The van der Waals surface area contributed by atoms with Gasteiger partial charge in [0.2, 0.25) is 0 Å². The quantitative estimate of drug-likeness (QED) is 0.704. The first-order chi connectivity index (χ1) is 6.41. The summed E-state index contributed by atoms with van der Waals surface area (Å²) >= 11 is 0. The molecule has 1 rings (SSSR count). The van der Waals surface area contributed by atoms with Crippen LogP contribution < -0.4 is 5.32 Å². The highest BCUT2D eigenvalue weighted by Crippen LogP contribution is 2.00. The summed E-state index contributed by atoms with van der Waals surface area (Å²) < 4.78 is 0. The van der Waals surface area contributed by atoms with E-state index >= 15 is 0 Å². The molecule has 2 heteroatoms. The topological polar surface area (TPSA) is 12.0 Å². The molecule has 0 spiro atoms. The van der Waals surface area contributed by atoms with Gasteiger partial charge < -0.3 is 5.32 Å². The van der Waals surface area contributed by atoms with Crippen LogP contribution in [0.15, 0.2) is 0 Å². The Bertz CT molecular complexity index is 66.9. The SMILES string of the molecule is C1CCNCC1.CCCCCCC.Cl. The fraction of sp³-hybridized carbons (Fsp3) is 1.00. The van der Waals surface area contributed by atoms with Crippen LogP contribution in [0.2, 0.25) is 0 Å². The number of hydrogen-bond acceptors (Lipinski definition) is 1. The van der Waals surface area contributed by atoms with E-state index < -0.39 is 0 Å².